The third kappa shape index (κ3) is 4.83. The number of cyclic esters (lactones) is 1. The molecule has 0 saturated carbocycles. The number of nitriles is 1. The first-order valence-electron chi connectivity index (χ1n) is 11.4. The van der Waals surface area contributed by atoms with E-state index in [9.17, 15) is 15.2 Å². The van der Waals surface area contributed by atoms with Gasteiger partial charge in [-0.3, -0.25) is 9.88 Å². The molecule has 178 valence electrons. The molecule has 1 amide bonds. The first-order valence-corrected chi connectivity index (χ1v) is 11.4. The van der Waals surface area contributed by atoms with Crippen molar-refractivity contribution in [2.45, 2.75) is 25.4 Å². The molecular weight excluding hydrogens is 448 g/mol. The average molecular weight is 473 g/mol. The zero-order valence-corrected chi connectivity index (χ0v) is 19.0. The Bertz CT molecular complexity index is 1250. The Morgan fingerprint density at radius 1 is 1.17 bits per heavy atom. The lowest BCUT2D eigenvalue weighted by Crippen LogP contribution is -2.35. The third-order valence-electron chi connectivity index (χ3n) is 6.04. The Morgan fingerprint density at radius 3 is 2.77 bits per heavy atom. The van der Waals surface area contributed by atoms with Crippen LogP contribution in [0, 0.1) is 11.3 Å². The maximum Gasteiger partial charge on any atom is 0.410 e. The highest BCUT2D eigenvalue weighted by Gasteiger charge is 2.32. The predicted octanol–water partition coefficient (Wildman–Crippen LogP) is 2.46. The molecule has 11 nitrogen and oxygen atoms in total. The van der Waals surface area contributed by atoms with Gasteiger partial charge in [0.1, 0.15) is 18.5 Å². The van der Waals surface area contributed by atoms with Gasteiger partial charge < -0.3 is 20.1 Å². The van der Waals surface area contributed by atoms with Gasteiger partial charge in [-0.05, 0) is 37.1 Å². The number of hydrogen-bond donors (Lipinski definition) is 2. The van der Waals surface area contributed by atoms with Crippen molar-refractivity contribution in [2.24, 2.45) is 0 Å². The van der Waals surface area contributed by atoms with Gasteiger partial charge in [-0.1, -0.05) is 0 Å². The van der Waals surface area contributed by atoms with Gasteiger partial charge >= 0.3 is 6.09 Å². The molecule has 5 heterocycles. The van der Waals surface area contributed by atoms with Crippen LogP contribution >= 0.6 is 0 Å². The Kier molecular flexibility index (Phi) is 6.36. The number of ether oxygens (including phenoxy) is 1. The van der Waals surface area contributed by atoms with Crippen LogP contribution in [0.3, 0.4) is 0 Å². The minimum Gasteiger partial charge on any atom is -0.447 e. The van der Waals surface area contributed by atoms with Crippen molar-refractivity contribution in [2.75, 3.05) is 36.5 Å². The second kappa shape index (κ2) is 9.90. The first kappa shape index (κ1) is 22.5. The number of carbonyl (C=O) groups is 1. The van der Waals surface area contributed by atoms with Gasteiger partial charge in [-0.25, -0.2) is 19.7 Å². The normalized spacial score (nSPS) is 17.4. The Hall–Kier alpha value is -4.30. The van der Waals surface area contributed by atoms with E-state index in [1.54, 1.807) is 30.7 Å². The van der Waals surface area contributed by atoms with Gasteiger partial charge in [-0.15, -0.1) is 0 Å². The number of pyridine rings is 2. The zero-order valence-electron chi connectivity index (χ0n) is 19.0. The standard InChI is InChI=1S/C24H24N8O3/c25-10-16-9-17(11-28-22(16)31-7-1-2-8-31)21-5-6-26-23(30-21)29-18-3-4-19(27-12-18)13-32-20(14-33)15-35-24(32)34/h3-6,9,11-12,20,33H,1-2,7-8,13-15H2,(H,26,29,30). The molecule has 0 bridgehead atoms. The molecule has 3 aromatic heterocycles. The number of amides is 1. The number of rotatable bonds is 7. The van der Waals surface area contributed by atoms with E-state index in [1.165, 1.54) is 4.90 Å². The van der Waals surface area contributed by atoms with E-state index in [0.717, 1.165) is 37.3 Å². The zero-order chi connectivity index (χ0) is 24.2. The van der Waals surface area contributed by atoms with Crippen molar-refractivity contribution in [3.63, 3.8) is 0 Å². The molecule has 2 saturated heterocycles. The second-order valence-electron chi connectivity index (χ2n) is 8.37. The number of aliphatic hydroxyl groups is 1. The Morgan fingerprint density at radius 2 is 2.03 bits per heavy atom. The maximum absolute atomic E-state index is 11.8. The number of aromatic nitrogens is 4. The summed E-state index contributed by atoms with van der Waals surface area (Å²) < 4.78 is 4.98. The summed E-state index contributed by atoms with van der Waals surface area (Å²) in [5, 5.41) is 22.2. The molecule has 0 aliphatic carbocycles. The molecule has 1 atom stereocenters. The smallest absolute Gasteiger partial charge is 0.410 e. The molecule has 0 radical (unpaired) electrons. The van der Waals surface area contributed by atoms with Gasteiger partial charge in [0.2, 0.25) is 5.95 Å². The van der Waals surface area contributed by atoms with Crippen molar-refractivity contribution >= 4 is 23.5 Å². The second-order valence-corrected chi connectivity index (χ2v) is 8.37. The van der Waals surface area contributed by atoms with Crippen molar-refractivity contribution in [1.82, 2.24) is 24.8 Å². The van der Waals surface area contributed by atoms with Gasteiger partial charge in [0, 0.05) is 31.0 Å². The fraction of sp³-hybridized carbons (Fsp3) is 0.333. The molecule has 2 N–H and O–H groups in total. The van der Waals surface area contributed by atoms with Gasteiger partial charge in [-0.2, -0.15) is 5.26 Å². The molecule has 5 rings (SSSR count). The highest BCUT2D eigenvalue weighted by atomic mass is 16.6. The topological polar surface area (TPSA) is 140 Å². The number of nitrogens with one attached hydrogen (secondary N) is 1. The average Bonchev–Trinajstić information content (AvgIpc) is 3.55. The van der Waals surface area contributed by atoms with E-state index in [2.05, 4.69) is 36.2 Å². The maximum atomic E-state index is 11.8. The van der Waals surface area contributed by atoms with E-state index in [0.29, 0.717) is 28.6 Å². The van der Waals surface area contributed by atoms with Crippen LogP contribution in [-0.2, 0) is 11.3 Å². The number of anilines is 3. The van der Waals surface area contributed by atoms with Crippen molar-refractivity contribution in [3.05, 3.63) is 54.1 Å². The third-order valence-corrected chi connectivity index (χ3v) is 6.04. The minimum absolute atomic E-state index is 0.161. The number of carbonyl (C=O) groups excluding carboxylic acids is 1. The van der Waals surface area contributed by atoms with Crippen LogP contribution in [0.5, 0.6) is 0 Å². The summed E-state index contributed by atoms with van der Waals surface area (Å²) in [4.78, 5) is 33.2. The van der Waals surface area contributed by atoms with Crippen molar-refractivity contribution < 1.29 is 14.6 Å². The van der Waals surface area contributed by atoms with Crippen LogP contribution in [0.1, 0.15) is 24.1 Å². The number of aliphatic hydroxyl groups excluding tert-OH is 1. The molecule has 2 aliphatic rings. The van der Waals surface area contributed by atoms with Crippen LogP contribution in [0.25, 0.3) is 11.3 Å². The fourth-order valence-corrected chi connectivity index (χ4v) is 4.17. The molecule has 2 aliphatic heterocycles. The van der Waals surface area contributed by atoms with E-state index in [1.807, 2.05) is 12.1 Å². The SMILES string of the molecule is N#Cc1cc(-c2ccnc(Nc3ccc(CN4C(=O)OCC4CO)nc3)n2)cnc1N1CCCC1. The molecule has 11 heteroatoms. The summed E-state index contributed by atoms with van der Waals surface area (Å²) in [6.45, 7) is 2.09. The summed E-state index contributed by atoms with van der Waals surface area (Å²) >= 11 is 0. The van der Waals surface area contributed by atoms with Crippen LogP contribution in [-0.4, -0.2) is 68.4 Å². The van der Waals surface area contributed by atoms with Crippen LogP contribution < -0.4 is 10.2 Å². The van der Waals surface area contributed by atoms with Crippen molar-refractivity contribution in [3.8, 4) is 17.3 Å². The molecule has 1 unspecified atom stereocenters. The largest absolute Gasteiger partial charge is 0.447 e. The van der Waals surface area contributed by atoms with Crippen LogP contribution in [0.2, 0.25) is 0 Å². The van der Waals surface area contributed by atoms with E-state index in [-0.39, 0.29) is 25.8 Å². The first-order chi connectivity index (χ1) is 17.1. The van der Waals surface area contributed by atoms with Gasteiger partial charge in [0.15, 0.2) is 0 Å². The van der Waals surface area contributed by atoms with Crippen LogP contribution in [0.4, 0.5) is 22.2 Å². The van der Waals surface area contributed by atoms with Crippen LogP contribution in [0.15, 0.2) is 42.9 Å². The lowest BCUT2D eigenvalue weighted by molar-refractivity contribution is 0.150. The number of hydrogen-bond acceptors (Lipinski definition) is 10. The number of nitrogens with zero attached hydrogens (tertiary/aromatic N) is 7. The van der Waals surface area contributed by atoms with E-state index < -0.39 is 6.09 Å². The molecular formula is C24H24N8O3. The molecule has 0 spiro atoms. The van der Waals surface area contributed by atoms with Gasteiger partial charge in [0.05, 0.1) is 48.0 Å². The highest BCUT2D eigenvalue weighted by Crippen LogP contribution is 2.27. The predicted molar refractivity (Wildman–Crippen MR) is 127 cm³/mol. The fourth-order valence-electron chi connectivity index (χ4n) is 4.17. The molecule has 0 aromatic carbocycles. The summed E-state index contributed by atoms with van der Waals surface area (Å²) in [5.41, 5.74) is 3.25. The Labute approximate surface area is 202 Å². The minimum atomic E-state index is -0.458. The lowest BCUT2D eigenvalue weighted by Gasteiger charge is -2.19. The van der Waals surface area contributed by atoms with E-state index >= 15 is 0 Å². The summed E-state index contributed by atoms with van der Waals surface area (Å²) in [5.74, 6) is 1.10. The molecule has 3 aromatic rings. The van der Waals surface area contributed by atoms with Gasteiger partial charge in [0.25, 0.3) is 0 Å². The monoisotopic (exact) mass is 472 g/mol. The summed E-state index contributed by atoms with van der Waals surface area (Å²) in [7, 11) is 0. The van der Waals surface area contributed by atoms with Crippen molar-refractivity contribution in [1.29, 1.82) is 5.26 Å². The summed E-state index contributed by atoms with van der Waals surface area (Å²) in [6, 6.07) is 9.08. The quantitative estimate of drug-likeness (QED) is 0.527. The van der Waals surface area contributed by atoms with E-state index in [4.69, 9.17) is 4.74 Å². The molecule has 35 heavy (non-hydrogen) atoms. The highest BCUT2D eigenvalue weighted by molar-refractivity contribution is 5.70. The Balaban J connectivity index is 1.29. The lowest BCUT2D eigenvalue weighted by atomic mass is 10.1. The molecule has 2 fully saturated rings. The summed E-state index contributed by atoms with van der Waals surface area (Å²) in [6.07, 6.45) is 6.76.